The predicted octanol–water partition coefficient (Wildman–Crippen LogP) is 1.24. The van der Waals surface area contributed by atoms with Crippen LogP contribution in [0.4, 0.5) is 5.82 Å². The summed E-state index contributed by atoms with van der Waals surface area (Å²) >= 11 is 0. The van der Waals surface area contributed by atoms with Gasteiger partial charge in [0.1, 0.15) is 5.76 Å². The van der Waals surface area contributed by atoms with Crippen molar-refractivity contribution in [3.05, 3.63) is 41.7 Å². The van der Waals surface area contributed by atoms with Crippen molar-refractivity contribution in [1.29, 1.82) is 0 Å². The Labute approximate surface area is 105 Å². The highest BCUT2D eigenvalue weighted by molar-refractivity contribution is 7.92. The third kappa shape index (κ3) is 2.69. The van der Waals surface area contributed by atoms with Crippen molar-refractivity contribution in [2.24, 2.45) is 5.73 Å². The molecule has 0 aliphatic rings. The molecule has 0 atom stereocenters. The second-order valence-electron chi connectivity index (χ2n) is 3.78. The maximum atomic E-state index is 12.0. The van der Waals surface area contributed by atoms with E-state index in [9.17, 15) is 8.42 Å². The van der Waals surface area contributed by atoms with E-state index in [0.29, 0.717) is 12.3 Å². The van der Waals surface area contributed by atoms with Gasteiger partial charge in [0.25, 0.3) is 10.0 Å². The number of aromatic nitrogens is 1. The van der Waals surface area contributed by atoms with Gasteiger partial charge in [-0.05, 0) is 24.6 Å². The summed E-state index contributed by atoms with van der Waals surface area (Å²) in [6, 6.07) is 7.84. The van der Waals surface area contributed by atoms with E-state index in [-0.39, 0.29) is 10.7 Å². The number of nitrogens with one attached hydrogen (secondary N) is 1. The average Bonchev–Trinajstić information content (AvgIpc) is 2.74. The zero-order valence-electron chi connectivity index (χ0n) is 9.75. The minimum absolute atomic E-state index is 0.153. The van der Waals surface area contributed by atoms with Gasteiger partial charge in [0.2, 0.25) is 0 Å². The fraction of sp³-hybridized carbons (Fsp3) is 0.182. The van der Waals surface area contributed by atoms with Crippen LogP contribution in [-0.4, -0.2) is 13.6 Å². The van der Waals surface area contributed by atoms with Gasteiger partial charge in [-0.15, -0.1) is 0 Å². The lowest BCUT2D eigenvalue weighted by molar-refractivity contribution is 0.400. The van der Waals surface area contributed by atoms with Crippen LogP contribution in [0.1, 0.15) is 11.3 Å². The van der Waals surface area contributed by atoms with Crippen LogP contribution in [0.15, 0.2) is 39.8 Å². The van der Waals surface area contributed by atoms with Crippen molar-refractivity contribution in [3.8, 4) is 0 Å². The fourth-order valence-electron chi connectivity index (χ4n) is 1.42. The van der Waals surface area contributed by atoms with Crippen molar-refractivity contribution in [2.45, 2.75) is 18.4 Å². The van der Waals surface area contributed by atoms with Gasteiger partial charge in [-0.3, -0.25) is 4.72 Å². The highest BCUT2D eigenvalue weighted by atomic mass is 32.2. The van der Waals surface area contributed by atoms with E-state index in [2.05, 4.69) is 9.88 Å². The molecule has 0 bridgehead atoms. The van der Waals surface area contributed by atoms with Crippen molar-refractivity contribution < 1.29 is 12.9 Å². The Bertz CT molecular complexity index is 632. The molecule has 0 fully saturated rings. The molecule has 18 heavy (non-hydrogen) atoms. The third-order valence-corrected chi connectivity index (χ3v) is 3.71. The summed E-state index contributed by atoms with van der Waals surface area (Å²) in [4.78, 5) is 0.153. The number of anilines is 1. The number of sulfonamides is 1. The minimum atomic E-state index is -3.64. The van der Waals surface area contributed by atoms with E-state index in [1.807, 2.05) is 0 Å². The largest absolute Gasteiger partial charge is 0.360 e. The Morgan fingerprint density at radius 1 is 1.33 bits per heavy atom. The molecule has 3 N–H and O–H groups in total. The van der Waals surface area contributed by atoms with Crippen molar-refractivity contribution >= 4 is 15.8 Å². The highest BCUT2D eigenvalue weighted by Crippen LogP contribution is 2.16. The second kappa shape index (κ2) is 4.79. The summed E-state index contributed by atoms with van der Waals surface area (Å²) < 4.78 is 31.1. The van der Waals surface area contributed by atoms with Gasteiger partial charge in [-0.25, -0.2) is 8.42 Å². The molecule has 0 aliphatic carbocycles. The maximum absolute atomic E-state index is 12.0. The van der Waals surface area contributed by atoms with E-state index in [1.165, 1.54) is 18.2 Å². The lowest BCUT2D eigenvalue weighted by Gasteiger charge is -2.05. The number of rotatable bonds is 4. The molecular weight excluding hydrogens is 254 g/mol. The van der Waals surface area contributed by atoms with Crippen LogP contribution in [0.5, 0.6) is 0 Å². The number of aryl methyl sites for hydroxylation is 1. The van der Waals surface area contributed by atoms with Crippen LogP contribution in [0.2, 0.25) is 0 Å². The van der Waals surface area contributed by atoms with E-state index in [1.54, 1.807) is 19.1 Å². The first kappa shape index (κ1) is 12.6. The third-order valence-electron chi connectivity index (χ3n) is 2.34. The van der Waals surface area contributed by atoms with Gasteiger partial charge in [0.05, 0.1) is 4.90 Å². The predicted molar refractivity (Wildman–Crippen MR) is 66.4 cm³/mol. The van der Waals surface area contributed by atoms with Crippen LogP contribution in [0, 0.1) is 6.92 Å². The van der Waals surface area contributed by atoms with Gasteiger partial charge in [-0.1, -0.05) is 17.3 Å². The molecule has 6 nitrogen and oxygen atoms in total. The summed E-state index contributed by atoms with van der Waals surface area (Å²) in [6.45, 7) is 2.05. The smallest absolute Gasteiger partial charge is 0.263 e. The summed E-state index contributed by atoms with van der Waals surface area (Å²) in [5.41, 5.74) is 6.31. The fourth-order valence-corrected chi connectivity index (χ4v) is 2.40. The van der Waals surface area contributed by atoms with Crippen molar-refractivity contribution in [3.63, 3.8) is 0 Å². The van der Waals surface area contributed by atoms with E-state index >= 15 is 0 Å². The molecule has 0 aliphatic heterocycles. The second-order valence-corrected chi connectivity index (χ2v) is 5.46. The molecule has 2 rings (SSSR count). The molecule has 0 unspecified atom stereocenters. The van der Waals surface area contributed by atoms with Crippen LogP contribution < -0.4 is 10.5 Å². The number of hydrogen-bond donors (Lipinski definition) is 2. The monoisotopic (exact) mass is 267 g/mol. The molecule has 7 heteroatoms. The zero-order valence-corrected chi connectivity index (χ0v) is 10.6. The van der Waals surface area contributed by atoms with E-state index in [0.717, 1.165) is 5.56 Å². The average molecular weight is 267 g/mol. The zero-order chi connectivity index (χ0) is 13.2. The van der Waals surface area contributed by atoms with E-state index < -0.39 is 10.0 Å². The van der Waals surface area contributed by atoms with Gasteiger partial charge < -0.3 is 10.3 Å². The molecule has 1 heterocycles. The molecule has 0 amide bonds. The van der Waals surface area contributed by atoms with Crippen molar-refractivity contribution in [1.82, 2.24) is 5.16 Å². The maximum Gasteiger partial charge on any atom is 0.263 e. The topological polar surface area (TPSA) is 98.2 Å². The van der Waals surface area contributed by atoms with Crippen molar-refractivity contribution in [2.75, 3.05) is 4.72 Å². The molecule has 0 saturated heterocycles. The Kier molecular flexibility index (Phi) is 3.35. The van der Waals surface area contributed by atoms with Crippen LogP contribution in [-0.2, 0) is 16.6 Å². The van der Waals surface area contributed by atoms with Gasteiger partial charge >= 0.3 is 0 Å². The van der Waals surface area contributed by atoms with Gasteiger partial charge in [0, 0.05) is 12.6 Å². The first-order chi connectivity index (χ1) is 8.51. The summed E-state index contributed by atoms with van der Waals surface area (Å²) in [5.74, 6) is 0.696. The normalized spacial score (nSPS) is 11.4. The Hall–Kier alpha value is -1.86. The quantitative estimate of drug-likeness (QED) is 0.868. The first-order valence-corrected chi connectivity index (χ1v) is 6.75. The standard InChI is InChI=1S/C11H13N3O3S/c1-8-6-11(13-17-8)14-18(15,16)10-4-2-9(7-12)3-5-10/h2-6H,7,12H2,1H3,(H,13,14). The lowest BCUT2D eigenvalue weighted by atomic mass is 10.2. The number of benzene rings is 1. The number of hydrogen-bond acceptors (Lipinski definition) is 5. The molecule has 0 saturated carbocycles. The molecule has 1 aromatic heterocycles. The van der Waals surface area contributed by atoms with Crippen LogP contribution >= 0.6 is 0 Å². The Morgan fingerprint density at radius 3 is 2.50 bits per heavy atom. The highest BCUT2D eigenvalue weighted by Gasteiger charge is 2.15. The lowest BCUT2D eigenvalue weighted by Crippen LogP contribution is -2.13. The van der Waals surface area contributed by atoms with Crippen LogP contribution in [0.3, 0.4) is 0 Å². The minimum Gasteiger partial charge on any atom is -0.360 e. The number of nitrogens with zero attached hydrogens (tertiary/aromatic N) is 1. The molecular formula is C11H13N3O3S. The summed E-state index contributed by atoms with van der Waals surface area (Å²) in [7, 11) is -3.64. The van der Waals surface area contributed by atoms with Crippen LogP contribution in [0.25, 0.3) is 0 Å². The SMILES string of the molecule is Cc1cc(NS(=O)(=O)c2ccc(CN)cc2)no1. The summed E-state index contributed by atoms with van der Waals surface area (Å²) in [5, 5.41) is 3.57. The Morgan fingerprint density at radius 2 is 2.00 bits per heavy atom. The molecule has 1 aromatic carbocycles. The number of nitrogens with two attached hydrogens (primary N) is 1. The van der Waals surface area contributed by atoms with Gasteiger partial charge in [-0.2, -0.15) is 0 Å². The molecule has 2 aromatic rings. The van der Waals surface area contributed by atoms with Gasteiger partial charge in [0.15, 0.2) is 5.82 Å². The Balaban J connectivity index is 2.24. The van der Waals surface area contributed by atoms with E-state index in [4.69, 9.17) is 10.3 Å². The molecule has 0 radical (unpaired) electrons. The first-order valence-electron chi connectivity index (χ1n) is 5.26. The molecule has 96 valence electrons. The summed E-state index contributed by atoms with van der Waals surface area (Å²) in [6.07, 6.45) is 0. The molecule has 0 spiro atoms.